The number of aliphatic carboxylic acids is 1. The summed E-state index contributed by atoms with van der Waals surface area (Å²) in [5.74, 6) is -0.738. The number of carbonyl (C=O) groups is 2. The lowest BCUT2D eigenvalue weighted by Gasteiger charge is -2.33. The molecule has 0 atom stereocenters. The second-order valence-corrected chi connectivity index (χ2v) is 6.54. The van der Waals surface area contributed by atoms with Gasteiger partial charge in [0.15, 0.2) is 0 Å². The number of carboxylic acids is 1. The van der Waals surface area contributed by atoms with E-state index in [1.807, 2.05) is 20.8 Å². The molecule has 0 bridgehead atoms. The highest BCUT2D eigenvalue weighted by atomic mass is 16.6. The fourth-order valence-electron chi connectivity index (χ4n) is 2.28. The molecule has 1 fully saturated rings. The van der Waals surface area contributed by atoms with Crippen molar-refractivity contribution in [3.05, 3.63) is 0 Å². The van der Waals surface area contributed by atoms with E-state index in [2.05, 4.69) is 0 Å². The Morgan fingerprint density at radius 1 is 1.16 bits per heavy atom. The van der Waals surface area contributed by atoms with Crippen molar-refractivity contribution in [2.45, 2.75) is 59.0 Å². The van der Waals surface area contributed by atoms with Crippen molar-refractivity contribution < 1.29 is 19.4 Å². The standard InChI is InChI=1S/C14H25NO4/c1-13(2,3)19-12(18)15-9-5-7-14(4,11(16)17)8-6-10-15/h5-10H2,1-4H3,(H,16,17). The van der Waals surface area contributed by atoms with E-state index in [9.17, 15) is 14.7 Å². The number of nitrogens with zero attached hydrogens (tertiary/aromatic N) is 1. The first-order valence-corrected chi connectivity index (χ1v) is 6.85. The lowest BCUT2D eigenvalue weighted by atomic mass is 9.80. The smallest absolute Gasteiger partial charge is 0.410 e. The molecule has 0 saturated carbocycles. The lowest BCUT2D eigenvalue weighted by molar-refractivity contribution is -0.149. The van der Waals surface area contributed by atoms with Gasteiger partial charge in [-0.05, 0) is 53.4 Å². The predicted octanol–water partition coefficient (Wildman–Crippen LogP) is 2.89. The Morgan fingerprint density at radius 2 is 1.63 bits per heavy atom. The average Bonchev–Trinajstić information content (AvgIpc) is 2.20. The molecule has 1 N–H and O–H groups in total. The first-order chi connectivity index (χ1) is 8.64. The summed E-state index contributed by atoms with van der Waals surface area (Å²) in [4.78, 5) is 24.9. The highest BCUT2D eigenvalue weighted by molar-refractivity contribution is 5.74. The number of likely N-dealkylation sites (tertiary alicyclic amines) is 1. The minimum Gasteiger partial charge on any atom is -0.481 e. The van der Waals surface area contributed by atoms with Crippen LogP contribution in [0.15, 0.2) is 0 Å². The summed E-state index contributed by atoms with van der Waals surface area (Å²) in [5, 5.41) is 9.24. The molecule has 1 heterocycles. The Labute approximate surface area is 114 Å². The molecular formula is C14H25NO4. The number of amides is 1. The lowest BCUT2D eigenvalue weighted by Crippen LogP contribution is -2.41. The van der Waals surface area contributed by atoms with Crippen molar-refractivity contribution in [3.63, 3.8) is 0 Å². The average molecular weight is 271 g/mol. The van der Waals surface area contributed by atoms with Crippen molar-refractivity contribution in [2.24, 2.45) is 5.41 Å². The molecule has 1 aliphatic heterocycles. The molecule has 0 aliphatic carbocycles. The number of rotatable bonds is 1. The summed E-state index contributed by atoms with van der Waals surface area (Å²) >= 11 is 0. The molecule has 0 aromatic carbocycles. The fourth-order valence-corrected chi connectivity index (χ4v) is 2.28. The zero-order chi connectivity index (χ0) is 14.7. The van der Waals surface area contributed by atoms with Crippen molar-refractivity contribution in [3.8, 4) is 0 Å². The van der Waals surface area contributed by atoms with Gasteiger partial charge in [0, 0.05) is 13.1 Å². The van der Waals surface area contributed by atoms with Gasteiger partial charge in [-0.1, -0.05) is 0 Å². The first-order valence-electron chi connectivity index (χ1n) is 6.85. The maximum atomic E-state index is 12.0. The molecule has 19 heavy (non-hydrogen) atoms. The Bertz CT molecular complexity index is 336. The van der Waals surface area contributed by atoms with Crippen LogP contribution in [-0.4, -0.2) is 40.8 Å². The van der Waals surface area contributed by atoms with Gasteiger partial charge in [0.2, 0.25) is 0 Å². The van der Waals surface area contributed by atoms with Gasteiger partial charge < -0.3 is 14.7 Å². The Hall–Kier alpha value is -1.26. The van der Waals surface area contributed by atoms with Crippen molar-refractivity contribution in [1.82, 2.24) is 4.90 Å². The van der Waals surface area contributed by atoms with Crippen molar-refractivity contribution in [2.75, 3.05) is 13.1 Å². The second kappa shape index (κ2) is 5.80. The largest absolute Gasteiger partial charge is 0.481 e. The Morgan fingerprint density at radius 3 is 2.00 bits per heavy atom. The van der Waals surface area contributed by atoms with Crippen LogP contribution >= 0.6 is 0 Å². The van der Waals surface area contributed by atoms with E-state index in [0.717, 1.165) is 0 Å². The molecule has 5 nitrogen and oxygen atoms in total. The van der Waals surface area contributed by atoms with E-state index >= 15 is 0 Å². The number of ether oxygens (including phenoxy) is 1. The first kappa shape index (κ1) is 15.8. The Kier molecular flexibility index (Phi) is 4.82. The summed E-state index contributed by atoms with van der Waals surface area (Å²) in [6.45, 7) is 8.46. The molecule has 1 rings (SSSR count). The van der Waals surface area contributed by atoms with Gasteiger partial charge in [-0.3, -0.25) is 4.79 Å². The number of hydrogen-bond donors (Lipinski definition) is 1. The highest BCUT2D eigenvalue weighted by Gasteiger charge is 2.34. The van der Waals surface area contributed by atoms with E-state index in [1.165, 1.54) is 0 Å². The second-order valence-electron chi connectivity index (χ2n) is 6.54. The quantitative estimate of drug-likeness (QED) is 0.796. The summed E-state index contributed by atoms with van der Waals surface area (Å²) in [5.41, 5.74) is -1.14. The highest BCUT2D eigenvalue weighted by Crippen LogP contribution is 2.31. The van der Waals surface area contributed by atoms with Crippen LogP contribution in [0.3, 0.4) is 0 Å². The third-order valence-electron chi connectivity index (χ3n) is 3.48. The molecular weight excluding hydrogens is 246 g/mol. The molecule has 0 aromatic rings. The summed E-state index contributed by atoms with van der Waals surface area (Å²) in [6, 6.07) is 0. The van der Waals surface area contributed by atoms with Gasteiger partial charge in [0.05, 0.1) is 5.41 Å². The molecule has 1 saturated heterocycles. The number of carbonyl (C=O) groups excluding carboxylic acids is 1. The summed E-state index contributed by atoms with van der Waals surface area (Å²) in [6.07, 6.45) is 2.29. The number of carboxylic acid groups (broad SMARTS) is 1. The van der Waals surface area contributed by atoms with Gasteiger partial charge in [-0.25, -0.2) is 4.79 Å². The molecule has 0 unspecified atom stereocenters. The predicted molar refractivity (Wildman–Crippen MR) is 72.0 cm³/mol. The Balaban J connectivity index is 2.56. The van der Waals surface area contributed by atoms with Gasteiger partial charge in [-0.15, -0.1) is 0 Å². The van der Waals surface area contributed by atoms with E-state index in [-0.39, 0.29) is 6.09 Å². The maximum absolute atomic E-state index is 12.0. The van der Waals surface area contributed by atoms with Crippen molar-refractivity contribution in [1.29, 1.82) is 0 Å². The van der Waals surface area contributed by atoms with Crippen LogP contribution in [0.25, 0.3) is 0 Å². The van der Waals surface area contributed by atoms with Gasteiger partial charge in [-0.2, -0.15) is 0 Å². The molecule has 0 aromatic heterocycles. The molecule has 5 heteroatoms. The van der Waals surface area contributed by atoms with E-state index in [1.54, 1.807) is 11.8 Å². The molecule has 1 aliphatic rings. The normalized spacial score (nSPS) is 20.3. The van der Waals surface area contributed by atoms with Crippen molar-refractivity contribution >= 4 is 12.1 Å². The minimum absolute atomic E-state index is 0.300. The van der Waals surface area contributed by atoms with Crippen LogP contribution in [0, 0.1) is 5.41 Å². The summed E-state index contributed by atoms with van der Waals surface area (Å²) in [7, 11) is 0. The molecule has 0 spiro atoms. The monoisotopic (exact) mass is 271 g/mol. The third-order valence-corrected chi connectivity index (χ3v) is 3.48. The third kappa shape index (κ3) is 4.73. The van der Waals surface area contributed by atoms with E-state index in [0.29, 0.717) is 38.8 Å². The molecule has 1 amide bonds. The van der Waals surface area contributed by atoms with Crippen LogP contribution in [0.5, 0.6) is 0 Å². The SMILES string of the molecule is CC(C)(C)OC(=O)N1CCCC(C)(C(=O)O)CCC1. The van der Waals surface area contributed by atoms with Gasteiger partial charge >= 0.3 is 12.1 Å². The van der Waals surface area contributed by atoms with E-state index < -0.39 is 17.0 Å². The van der Waals surface area contributed by atoms with Crippen LogP contribution in [0.2, 0.25) is 0 Å². The van der Waals surface area contributed by atoms with Gasteiger partial charge in [0.25, 0.3) is 0 Å². The van der Waals surface area contributed by atoms with Crippen LogP contribution in [0.1, 0.15) is 53.4 Å². The maximum Gasteiger partial charge on any atom is 0.410 e. The zero-order valence-electron chi connectivity index (χ0n) is 12.4. The zero-order valence-corrected chi connectivity index (χ0v) is 12.4. The fraction of sp³-hybridized carbons (Fsp3) is 0.857. The topological polar surface area (TPSA) is 66.8 Å². The molecule has 110 valence electrons. The van der Waals surface area contributed by atoms with Crippen LogP contribution in [-0.2, 0) is 9.53 Å². The minimum atomic E-state index is -0.738. The molecule has 0 radical (unpaired) electrons. The van der Waals surface area contributed by atoms with Crippen LogP contribution < -0.4 is 0 Å². The van der Waals surface area contributed by atoms with Crippen LogP contribution in [0.4, 0.5) is 4.79 Å². The van der Waals surface area contributed by atoms with Gasteiger partial charge in [0.1, 0.15) is 5.60 Å². The summed E-state index contributed by atoms with van der Waals surface area (Å²) < 4.78 is 5.34. The number of hydrogen-bond acceptors (Lipinski definition) is 3. The van der Waals surface area contributed by atoms with E-state index in [4.69, 9.17) is 4.74 Å².